The van der Waals surface area contributed by atoms with Gasteiger partial charge in [-0.15, -0.1) is 0 Å². The summed E-state index contributed by atoms with van der Waals surface area (Å²) in [5.41, 5.74) is 0.577. The number of nitrogens with one attached hydrogen (secondary N) is 1. The third kappa shape index (κ3) is 4.20. The number of fused-ring (bicyclic) bond motifs is 1. The number of rotatable bonds is 5. The lowest BCUT2D eigenvalue weighted by molar-refractivity contribution is -0.156. The van der Waals surface area contributed by atoms with Crippen LogP contribution in [0.5, 0.6) is 17.2 Å². The Morgan fingerprint density at radius 1 is 1.12 bits per heavy atom. The Bertz CT molecular complexity index is 758. The van der Waals surface area contributed by atoms with Crippen LogP contribution in [0.15, 0.2) is 48.5 Å². The minimum absolute atomic E-state index is 0.0376. The Morgan fingerprint density at radius 2 is 1.84 bits per heavy atom. The highest BCUT2D eigenvalue weighted by atomic mass is 16.6. The normalized spacial score (nSPS) is 15.2. The first-order valence-corrected chi connectivity index (χ1v) is 7.65. The number of methoxy groups -OCH3 is 1. The van der Waals surface area contributed by atoms with Crippen molar-refractivity contribution in [3.05, 3.63) is 48.5 Å². The van der Waals surface area contributed by atoms with Crippen LogP contribution in [0, 0.1) is 0 Å². The number of para-hydroxylation sites is 2. The third-order valence-electron chi connectivity index (χ3n) is 3.49. The molecule has 2 aromatic rings. The molecule has 3 rings (SSSR count). The smallest absolute Gasteiger partial charge is 0.351 e. The predicted molar refractivity (Wildman–Crippen MR) is 88.9 cm³/mol. The Morgan fingerprint density at radius 3 is 2.56 bits per heavy atom. The number of hydrogen-bond donors (Lipinski definition) is 1. The Balaban J connectivity index is 1.48. The topological polar surface area (TPSA) is 83.1 Å². The lowest BCUT2D eigenvalue weighted by Crippen LogP contribution is -2.39. The van der Waals surface area contributed by atoms with Gasteiger partial charge in [0.05, 0.1) is 7.11 Å². The molecule has 0 saturated heterocycles. The summed E-state index contributed by atoms with van der Waals surface area (Å²) in [5, 5.41) is 2.62. The SMILES string of the molecule is COc1ccc(NC(=O)COC(=O)C2COc3ccccc3O2)cc1. The molecule has 2 aromatic carbocycles. The van der Waals surface area contributed by atoms with Crippen molar-refractivity contribution in [2.24, 2.45) is 0 Å². The number of ether oxygens (including phenoxy) is 4. The highest BCUT2D eigenvalue weighted by Crippen LogP contribution is 2.31. The van der Waals surface area contributed by atoms with Gasteiger partial charge >= 0.3 is 5.97 Å². The highest BCUT2D eigenvalue weighted by molar-refractivity contribution is 5.93. The molecule has 0 radical (unpaired) electrons. The van der Waals surface area contributed by atoms with Gasteiger partial charge < -0.3 is 24.3 Å². The van der Waals surface area contributed by atoms with Crippen LogP contribution in [0.3, 0.4) is 0 Å². The number of carbonyl (C=O) groups excluding carboxylic acids is 2. The van der Waals surface area contributed by atoms with Crippen LogP contribution in [0.4, 0.5) is 5.69 Å². The molecule has 0 aromatic heterocycles. The summed E-state index contributed by atoms with van der Waals surface area (Å²) < 4.78 is 21.0. The molecular formula is C18H17NO6. The predicted octanol–water partition coefficient (Wildman–Crippen LogP) is 2.02. The number of carbonyl (C=O) groups is 2. The molecule has 130 valence electrons. The molecule has 1 amide bonds. The van der Waals surface area contributed by atoms with Crippen molar-refractivity contribution >= 4 is 17.6 Å². The molecule has 7 heteroatoms. The summed E-state index contributed by atoms with van der Waals surface area (Å²) in [6.07, 6.45) is -0.899. The number of hydrogen-bond acceptors (Lipinski definition) is 6. The summed E-state index contributed by atoms with van der Waals surface area (Å²) in [6, 6.07) is 13.8. The van der Waals surface area contributed by atoms with E-state index in [9.17, 15) is 9.59 Å². The Kier molecular flexibility index (Phi) is 5.03. The summed E-state index contributed by atoms with van der Waals surface area (Å²) in [4.78, 5) is 23.9. The highest BCUT2D eigenvalue weighted by Gasteiger charge is 2.29. The zero-order valence-corrected chi connectivity index (χ0v) is 13.6. The van der Waals surface area contributed by atoms with Gasteiger partial charge in [0.2, 0.25) is 6.10 Å². The molecule has 0 aliphatic carbocycles. The van der Waals surface area contributed by atoms with Gasteiger partial charge in [0, 0.05) is 5.69 Å². The molecule has 1 aliphatic heterocycles. The summed E-state index contributed by atoms with van der Waals surface area (Å²) in [5.74, 6) is 0.622. The first-order valence-electron chi connectivity index (χ1n) is 7.65. The van der Waals surface area contributed by atoms with E-state index in [1.165, 1.54) is 0 Å². The fourth-order valence-electron chi connectivity index (χ4n) is 2.24. The number of anilines is 1. The second-order valence-electron chi connectivity index (χ2n) is 5.25. The van der Waals surface area contributed by atoms with E-state index in [1.54, 1.807) is 49.6 Å². The fraction of sp³-hybridized carbons (Fsp3) is 0.222. The van der Waals surface area contributed by atoms with Crippen molar-refractivity contribution in [1.29, 1.82) is 0 Å². The molecule has 1 atom stereocenters. The average Bonchev–Trinajstić information content (AvgIpc) is 2.66. The molecule has 1 heterocycles. The third-order valence-corrected chi connectivity index (χ3v) is 3.49. The monoisotopic (exact) mass is 343 g/mol. The van der Waals surface area contributed by atoms with E-state index >= 15 is 0 Å². The van der Waals surface area contributed by atoms with Gasteiger partial charge in [0.25, 0.3) is 5.91 Å². The van der Waals surface area contributed by atoms with Gasteiger partial charge in [-0.25, -0.2) is 4.79 Å². The van der Waals surface area contributed by atoms with Gasteiger partial charge in [-0.3, -0.25) is 4.79 Å². The largest absolute Gasteiger partial charge is 0.497 e. The first-order chi connectivity index (χ1) is 12.2. The van der Waals surface area contributed by atoms with Gasteiger partial charge in [0.1, 0.15) is 12.4 Å². The maximum absolute atomic E-state index is 12.0. The van der Waals surface area contributed by atoms with Gasteiger partial charge in [-0.1, -0.05) is 12.1 Å². The Hall–Kier alpha value is -3.22. The minimum atomic E-state index is -0.899. The van der Waals surface area contributed by atoms with Crippen molar-refractivity contribution in [2.75, 3.05) is 25.6 Å². The second-order valence-corrected chi connectivity index (χ2v) is 5.25. The first kappa shape index (κ1) is 16.6. The molecule has 0 spiro atoms. The van der Waals surface area contributed by atoms with Crippen molar-refractivity contribution < 1.29 is 28.5 Å². The van der Waals surface area contributed by atoms with Crippen LogP contribution in [-0.2, 0) is 14.3 Å². The zero-order chi connectivity index (χ0) is 17.6. The van der Waals surface area contributed by atoms with E-state index < -0.39 is 24.6 Å². The molecule has 1 N–H and O–H groups in total. The average molecular weight is 343 g/mol. The quantitative estimate of drug-likeness (QED) is 0.836. The maximum Gasteiger partial charge on any atom is 0.351 e. The standard InChI is InChI=1S/C18H17NO6/c1-22-13-8-6-12(7-9-13)19-17(20)11-24-18(21)16-10-23-14-4-2-3-5-15(14)25-16/h2-9,16H,10-11H2,1H3,(H,19,20). The van der Waals surface area contributed by atoms with Crippen LogP contribution in [0.2, 0.25) is 0 Å². The number of benzene rings is 2. The van der Waals surface area contributed by atoms with Crippen molar-refractivity contribution in [3.63, 3.8) is 0 Å². The molecule has 1 unspecified atom stereocenters. The number of amides is 1. The van der Waals surface area contributed by atoms with Crippen LogP contribution in [-0.4, -0.2) is 38.3 Å². The van der Waals surface area contributed by atoms with E-state index in [1.807, 2.05) is 6.07 Å². The molecule has 7 nitrogen and oxygen atoms in total. The van der Waals surface area contributed by atoms with Gasteiger partial charge in [-0.2, -0.15) is 0 Å². The van der Waals surface area contributed by atoms with Crippen molar-refractivity contribution in [2.45, 2.75) is 6.10 Å². The van der Waals surface area contributed by atoms with Crippen molar-refractivity contribution in [1.82, 2.24) is 0 Å². The van der Waals surface area contributed by atoms with E-state index in [0.29, 0.717) is 22.9 Å². The molecule has 25 heavy (non-hydrogen) atoms. The van der Waals surface area contributed by atoms with Crippen molar-refractivity contribution in [3.8, 4) is 17.2 Å². The van der Waals surface area contributed by atoms with E-state index in [0.717, 1.165) is 0 Å². The lowest BCUT2D eigenvalue weighted by Gasteiger charge is -2.24. The number of esters is 1. The lowest BCUT2D eigenvalue weighted by atomic mass is 10.2. The molecule has 1 aliphatic rings. The molecule has 0 fully saturated rings. The van der Waals surface area contributed by atoms with E-state index in [4.69, 9.17) is 18.9 Å². The fourth-order valence-corrected chi connectivity index (χ4v) is 2.24. The summed E-state index contributed by atoms with van der Waals surface area (Å²) >= 11 is 0. The summed E-state index contributed by atoms with van der Waals surface area (Å²) in [7, 11) is 1.56. The molecule has 0 bridgehead atoms. The van der Waals surface area contributed by atoms with Gasteiger partial charge in [0.15, 0.2) is 18.1 Å². The second kappa shape index (κ2) is 7.57. The zero-order valence-electron chi connectivity index (χ0n) is 13.6. The minimum Gasteiger partial charge on any atom is -0.497 e. The van der Waals surface area contributed by atoms with E-state index in [2.05, 4.69) is 5.32 Å². The maximum atomic E-state index is 12.0. The van der Waals surface area contributed by atoms with Crippen LogP contribution in [0.25, 0.3) is 0 Å². The van der Waals surface area contributed by atoms with Crippen LogP contribution >= 0.6 is 0 Å². The van der Waals surface area contributed by atoms with E-state index in [-0.39, 0.29) is 6.61 Å². The van der Waals surface area contributed by atoms with Gasteiger partial charge in [-0.05, 0) is 36.4 Å². The summed E-state index contributed by atoms with van der Waals surface area (Å²) in [6.45, 7) is -0.373. The van der Waals surface area contributed by atoms with Crippen LogP contribution in [0.1, 0.15) is 0 Å². The Labute approximate surface area is 144 Å². The molecule has 0 saturated carbocycles. The van der Waals surface area contributed by atoms with Crippen LogP contribution < -0.4 is 19.5 Å². The molecular weight excluding hydrogens is 326 g/mol.